The molecule has 6 heterocycles. The van der Waals surface area contributed by atoms with Crippen LogP contribution in [0.1, 0.15) is 30.0 Å². The molecule has 190 valence electrons. The summed E-state index contributed by atoms with van der Waals surface area (Å²) in [6, 6.07) is 1.39. The number of aromatic nitrogens is 3. The fourth-order valence-electron chi connectivity index (χ4n) is 5.63. The normalized spacial score (nSPS) is 24.5. The maximum absolute atomic E-state index is 13.3. The maximum Gasteiger partial charge on any atom is 0.328 e. The summed E-state index contributed by atoms with van der Waals surface area (Å²) in [6.07, 6.45) is 0.449. The highest BCUT2D eigenvalue weighted by Crippen LogP contribution is 2.50. The molecule has 3 atom stereocenters. The Morgan fingerprint density at radius 1 is 1.22 bits per heavy atom. The first kappa shape index (κ1) is 23.3. The minimum Gasteiger partial charge on any atom is -0.372 e. The Bertz CT molecular complexity index is 1500. The van der Waals surface area contributed by atoms with Crippen molar-refractivity contribution in [2.75, 3.05) is 11.4 Å². The molecule has 0 saturated carbocycles. The number of carbonyl (C=O) groups is 4. The zero-order valence-electron chi connectivity index (χ0n) is 19.6. The first-order valence-corrected chi connectivity index (χ1v) is 11.8. The third-order valence-electron chi connectivity index (χ3n) is 7.07. The predicted octanol–water partition coefficient (Wildman–Crippen LogP) is 0.928. The molecule has 6 rings (SSSR count). The van der Waals surface area contributed by atoms with E-state index in [1.54, 1.807) is 13.0 Å². The highest BCUT2D eigenvalue weighted by molar-refractivity contribution is 6.38. The van der Waals surface area contributed by atoms with E-state index >= 15 is 0 Å². The number of imide groups is 2. The van der Waals surface area contributed by atoms with Crippen LogP contribution in [0.5, 0.6) is 0 Å². The van der Waals surface area contributed by atoms with Crippen LogP contribution in [0, 0.1) is 5.41 Å². The van der Waals surface area contributed by atoms with E-state index < -0.39 is 41.3 Å². The summed E-state index contributed by atoms with van der Waals surface area (Å²) in [6.45, 7) is 3.95. The first-order chi connectivity index (χ1) is 17.6. The Morgan fingerprint density at radius 3 is 2.59 bits per heavy atom. The van der Waals surface area contributed by atoms with Gasteiger partial charge in [-0.2, -0.15) is 0 Å². The van der Waals surface area contributed by atoms with E-state index in [1.807, 2.05) is 11.8 Å². The number of amides is 5. The molecule has 3 aliphatic rings. The lowest BCUT2D eigenvalue weighted by molar-refractivity contribution is -0.153. The summed E-state index contributed by atoms with van der Waals surface area (Å²) in [5.41, 5.74) is 5.81. The number of nitrogens with two attached hydrogens (primary N) is 1. The number of morpholine rings is 1. The van der Waals surface area contributed by atoms with Gasteiger partial charge < -0.3 is 19.9 Å². The van der Waals surface area contributed by atoms with Gasteiger partial charge in [-0.3, -0.25) is 30.0 Å². The fourth-order valence-corrected chi connectivity index (χ4v) is 5.97. The van der Waals surface area contributed by atoms with Gasteiger partial charge in [0.05, 0.1) is 29.6 Å². The number of hydrogen-bond donors (Lipinski definition) is 3. The van der Waals surface area contributed by atoms with Gasteiger partial charge in [-0.15, -0.1) is 0 Å². The average Bonchev–Trinajstić information content (AvgIpc) is 3.26. The van der Waals surface area contributed by atoms with Crippen molar-refractivity contribution in [1.29, 1.82) is 0 Å². The van der Waals surface area contributed by atoms with Gasteiger partial charge in [-0.1, -0.05) is 16.8 Å². The number of primary amides is 1. The third kappa shape index (κ3) is 3.23. The SMILES string of the molecule is C[C@H]1CN2c3c(nc4c(-c5ccc(C(N)=O)nc5)noc4c3Cl)CC3(C(=O)NC(=O)NC3=O)[C@@H]2[C@@H](C)O1. The average molecular weight is 526 g/mol. The summed E-state index contributed by atoms with van der Waals surface area (Å²) in [4.78, 5) is 60.6. The number of carbonyl (C=O) groups excluding carboxylic acids is 4. The lowest BCUT2D eigenvalue weighted by Crippen LogP contribution is -2.75. The topological polar surface area (TPSA) is 183 Å². The molecule has 3 aromatic heterocycles. The summed E-state index contributed by atoms with van der Waals surface area (Å²) in [5, 5.41) is 8.81. The molecular weight excluding hydrogens is 506 g/mol. The second-order valence-corrected chi connectivity index (χ2v) is 9.74. The first-order valence-electron chi connectivity index (χ1n) is 11.4. The molecule has 3 aliphatic heterocycles. The summed E-state index contributed by atoms with van der Waals surface area (Å²) >= 11 is 6.88. The van der Waals surface area contributed by atoms with Gasteiger partial charge in [-0.25, -0.2) is 9.78 Å². The van der Waals surface area contributed by atoms with Crippen LogP contribution in [0.3, 0.4) is 0 Å². The number of rotatable bonds is 2. The molecule has 5 amide bonds. The number of fused-ring (bicyclic) bond motifs is 5. The second-order valence-electron chi connectivity index (χ2n) is 9.36. The molecule has 2 saturated heterocycles. The van der Waals surface area contributed by atoms with Crippen LogP contribution in [0.2, 0.25) is 5.02 Å². The lowest BCUT2D eigenvalue weighted by atomic mass is 9.67. The van der Waals surface area contributed by atoms with Crippen molar-refractivity contribution in [3.05, 3.63) is 34.7 Å². The Balaban J connectivity index is 1.56. The molecule has 0 unspecified atom stereocenters. The number of ether oxygens (including phenoxy) is 1. The number of anilines is 1. The molecule has 37 heavy (non-hydrogen) atoms. The Hall–Kier alpha value is -4.10. The van der Waals surface area contributed by atoms with Gasteiger partial charge in [0, 0.05) is 24.7 Å². The van der Waals surface area contributed by atoms with Crippen molar-refractivity contribution in [2.24, 2.45) is 11.1 Å². The Kier molecular flexibility index (Phi) is 5.01. The van der Waals surface area contributed by atoms with E-state index in [1.165, 1.54) is 12.3 Å². The van der Waals surface area contributed by atoms with Crippen LogP contribution in [-0.4, -0.2) is 63.7 Å². The quantitative estimate of drug-likeness (QED) is 0.407. The monoisotopic (exact) mass is 525 g/mol. The van der Waals surface area contributed by atoms with Gasteiger partial charge in [0.25, 0.3) is 5.91 Å². The minimum absolute atomic E-state index is 0.0762. The van der Waals surface area contributed by atoms with Crippen molar-refractivity contribution in [3.63, 3.8) is 0 Å². The van der Waals surface area contributed by atoms with Gasteiger partial charge in [-0.05, 0) is 26.0 Å². The van der Waals surface area contributed by atoms with Crippen LogP contribution in [0.4, 0.5) is 10.5 Å². The van der Waals surface area contributed by atoms with Crippen LogP contribution in [0.25, 0.3) is 22.4 Å². The van der Waals surface area contributed by atoms with Gasteiger partial charge in [0.15, 0.2) is 5.41 Å². The molecule has 14 heteroatoms. The number of nitrogens with one attached hydrogen (secondary N) is 2. The van der Waals surface area contributed by atoms with E-state index in [-0.39, 0.29) is 34.3 Å². The third-order valence-corrected chi connectivity index (χ3v) is 7.42. The molecule has 0 radical (unpaired) electrons. The predicted molar refractivity (Wildman–Crippen MR) is 128 cm³/mol. The zero-order valence-corrected chi connectivity index (χ0v) is 20.3. The van der Waals surface area contributed by atoms with Gasteiger partial charge in [0.1, 0.15) is 21.9 Å². The Morgan fingerprint density at radius 2 is 1.95 bits per heavy atom. The Labute approximate surface area is 213 Å². The van der Waals surface area contributed by atoms with E-state index in [0.29, 0.717) is 29.2 Å². The molecule has 0 bridgehead atoms. The molecule has 4 N–H and O–H groups in total. The number of halogens is 1. The van der Waals surface area contributed by atoms with Crippen LogP contribution >= 0.6 is 11.6 Å². The zero-order chi connectivity index (χ0) is 26.2. The van der Waals surface area contributed by atoms with Crippen molar-refractivity contribution in [2.45, 2.75) is 38.5 Å². The van der Waals surface area contributed by atoms with E-state index in [9.17, 15) is 19.2 Å². The second kappa shape index (κ2) is 7.95. The number of urea groups is 1. The van der Waals surface area contributed by atoms with Crippen molar-refractivity contribution in [1.82, 2.24) is 25.8 Å². The highest BCUT2D eigenvalue weighted by atomic mass is 35.5. The van der Waals surface area contributed by atoms with Crippen LogP contribution < -0.4 is 21.3 Å². The fraction of sp³-hybridized carbons (Fsp3) is 0.348. The standard InChI is InChI=1S/C23H20ClN7O6/c1-8-7-31-16-12(5-23(18(31)9(2)36-8)20(33)28-22(35)29-21(23)34)27-15-14(30-37-17(15)13(16)24)10-3-4-11(19(25)32)26-6-10/h3-4,6,8-9,18H,5,7H2,1-2H3,(H2,25,32)(H2,28,29,33,34,35)/t8-,9+,18-/m0/s1. The van der Waals surface area contributed by atoms with E-state index in [4.69, 9.17) is 31.6 Å². The molecule has 2 fully saturated rings. The van der Waals surface area contributed by atoms with Crippen LogP contribution in [0.15, 0.2) is 22.9 Å². The van der Waals surface area contributed by atoms with Gasteiger partial charge >= 0.3 is 6.03 Å². The summed E-state index contributed by atoms with van der Waals surface area (Å²) in [5.74, 6) is -2.15. The molecule has 0 aromatic carbocycles. The number of nitrogens with zero attached hydrogens (tertiary/aromatic N) is 4. The lowest BCUT2D eigenvalue weighted by Gasteiger charge is -2.55. The number of pyridine rings is 2. The molecular formula is C23H20ClN7O6. The number of barbiturate groups is 1. The maximum atomic E-state index is 13.3. The molecule has 3 aromatic rings. The highest BCUT2D eigenvalue weighted by Gasteiger charge is 2.63. The molecule has 1 spiro atoms. The van der Waals surface area contributed by atoms with E-state index in [0.717, 1.165) is 0 Å². The van der Waals surface area contributed by atoms with Crippen LogP contribution in [-0.2, 0) is 20.7 Å². The largest absolute Gasteiger partial charge is 0.372 e. The number of hydrogen-bond acceptors (Lipinski definition) is 10. The van der Waals surface area contributed by atoms with E-state index in [2.05, 4.69) is 20.8 Å². The van der Waals surface area contributed by atoms with Crippen molar-refractivity contribution < 1.29 is 28.4 Å². The summed E-state index contributed by atoms with van der Waals surface area (Å²) in [7, 11) is 0. The molecule has 0 aliphatic carbocycles. The van der Waals surface area contributed by atoms with Gasteiger partial charge in [0.2, 0.25) is 17.4 Å². The minimum atomic E-state index is -1.70. The van der Waals surface area contributed by atoms with Crippen molar-refractivity contribution >= 4 is 52.1 Å². The molecule has 13 nitrogen and oxygen atoms in total. The summed E-state index contributed by atoms with van der Waals surface area (Å²) < 4.78 is 11.6. The smallest absolute Gasteiger partial charge is 0.328 e. The van der Waals surface area contributed by atoms with Crippen molar-refractivity contribution in [3.8, 4) is 11.3 Å².